The van der Waals surface area contributed by atoms with E-state index in [1.165, 1.54) is 36.4 Å². The van der Waals surface area contributed by atoms with Gasteiger partial charge in [-0.1, -0.05) is 12.8 Å². The minimum absolute atomic E-state index is 0.0208. The molecule has 0 spiro atoms. The molecule has 1 aliphatic heterocycles. The summed E-state index contributed by atoms with van der Waals surface area (Å²) in [5.74, 6) is -7.06. The fourth-order valence-electron chi connectivity index (χ4n) is 5.36. The molecule has 246 valence electrons. The number of ether oxygens (including phenoxy) is 1. The van der Waals surface area contributed by atoms with Gasteiger partial charge >= 0.3 is 18.1 Å². The third kappa shape index (κ3) is 9.81. The summed E-state index contributed by atoms with van der Waals surface area (Å²) in [5.41, 5.74) is 0.587. The van der Waals surface area contributed by atoms with Gasteiger partial charge in [-0.25, -0.2) is 4.79 Å². The molecule has 1 heterocycles. The summed E-state index contributed by atoms with van der Waals surface area (Å²) in [7, 11) is 0. The van der Waals surface area contributed by atoms with E-state index in [2.05, 4.69) is 10.6 Å². The highest BCUT2D eigenvalue weighted by molar-refractivity contribution is 6.04. The molecule has 4 rings (SSSR count). The van der Waals surface area contributed by atoms with E-state index in [0.29, 0.717) is 43.4 Å². The number of carbonyl (C=O) groups is 4. The number of amides is 1. The maximum atomic E-state index is 13.1. The fourth-order valence-corrected chi connectivity index (χ4v) is 5.36. The zero-order chi connectivity index (χ0) is 33.3. The molecule has 4 atom stereocenters. The van der Waals surface area contributed by atoms with Crippen molar-refractivity contribution >= 4 is 23.6 Å². The molecule has 1 saturated heterocycles. The Morgan fingerprint density at radius 2 is 1.47 bits per heavy atom. The minimum atomic E-state index is -5.08. The molecule has 0 unspecified atom stereocenters. The zero-order valence-electron chi connectivity index (χ0n) is 24.0. The summed E-state index contributed by atoms with van der Waals surface area (Å²) in [6.07, 6.45) is -1.72. The largest absolute Gasteiger partial charge is 0.508 e. The van der Waals surface area contributed by atoms with E-state index in [-0.39, 0.29) is 36.0 Å². The number of Topliss-reactive ketones (excluding diaryl/α,β-unsaturated/α-hetero) is 1. The maximum Gasteiger partial charge on any atom is 0.490 e. The van der Waals surface area contributed by atoms with Crippen molar-refractivity contribution in [2.75, 3.05) is 13.1 Å². The van der Waals surface area contributed by atoms with Gasteiger partial charge in [0.25, 0.3) is 5.91 Å². The molecule has 12 nitrogen and oxygen atoms in total. The van der Waals surface area contributed by atoms with Crippen molar-refractivity contribution in [3.63, 3.8) is 0 Å². The lowest BCUT2D eigenvalue weighted by Gasteiger charge is -2.28. The standard InChI is InChI=1S/C28H34N2O8.C2HF3O2/c31-18-9-7-17(8-10-18)27(35)30-21-14-29-11-3-6-24(21)38-15-16-12-22(32)25(23(33)13-16)26(34)19-4-1-2-5-20(19)28(36)37;3-2(4,5)1(6)7/h7-10,12-13,19-21,24,29,31-33H,1-6,11,14-15H2,(H,30,35)(H,36,37);(H,6,7)/t19-,20-,21+,24+;/m1./s1. The molecule has 15 heteroatoms. The highest BCUT2D eigenvalue weighted by Crippen LogP contribution is 2.38. The summed E-state index contributed by atoms with van der Waals surface area (Å²) in [6, 6.07) is 8.31. The van der Waals surface area contributed by atoms with Crippen LogP contribution in [0.4, 0.5) is 13.2 Å². The van der Waals surface area contributed by atoms with Gasteiger partial charge in [0.1, 0.15) is 22.8 Å². The first-order valence-corrected chi connectivity index (χ1v) is 14.2. The van der Waals surface area contributed by atoms with Crippen LogP contribution >= 0.6 is 0 Å². The van der Waals surface area contributed by atoms with Gasteiger partial charge in [-0.2, -0.15) is 13.2 Å². The number of phenols is 3. The Labute approximate surface area is 255 Å². The Bertz CT molecular complexity index is 1340. The molecule has 0 bridgehead atoms. The van der Waals surface area contributed by atoms with Crippen LogP contribution in [-0.2, 0) is 20.9 Å². The number of rotatable bonds is 8. The summed E-state index contributed by atoms with van der Waals surface area (Å²) in [6.45, 7) is 1.28. The molecule has 7 N–H and O–H groups in total. The van der Waals surface area contributed by atoms with Gasteiger partial charge in [0.2, 0.25) is 0 Å². The summed E-state index contributed by atoms with van der Waals surface area (Å²) >= 11 is 0. The first-order chi connectivity index (χ1) is 21.2. The molecule has 2 aromatic carbocycles. The number of aromatic hydroxyl groups is 3. The van der Waals surface area contributed by atoms with Crippen LogP contribution in [0, 0.1) is 11.8 Å². The smallest absolute Gasteiger partial charge is 0.490 e. The highest BCUT2D eigenvalue weighted by Gasteiger charge is 2.39. The molecule has 1 amide bonds. The van der Waals surface area contributed by atoms with Crippen LogP contribution in [0.1, 0.15) is 64.8 Å². The Morgan fingerprint density at radius 1 is 0.889 bits per heavy atom. The van der Waals surface area contributed by atoms with Crippen LogP contribution in [0.25, 0.3) is 0 Å². The first kappa shape index (κ1) is 35.1. The lowest BCUT2D eigenvalue weighted by molar-refractivity contribution is -0.192. The Hall–Kier alpha value is -4.37. The van der Waals surface area contributed by atoms with E-state index < -0.39 is 47.2 Å². The molecule has 2 aliphatic rings. The Morgan fingerprint density at radius 3 is 2.02 bits per heavy atom. The number of hydrogen-bond donors (Lipinski definition) is 7. The molecule has 2 fully saturated rings. The van der Waals surface area contributed by atoms with E-state index in [4.69, 9.17) is 14.6 Å². The topological polar surface area (TPSA) is 203 Å². The average Bonchev–Trinajstić information content (AvgIpc) is 3.20. The van der Waals surface area contributed by atoms with Crippen LogP contribution < -0.4 is 10.6 Å². The molecule has 45 heavy (non-hydrogen) atoms. The van der Waals surface area contributed by atoms with Crippen LogP contribution in [0.3, 0.4) is 0 Å². The molecular formula is C30H35F3N2O10. The van der Waals surface area contributed by atoms with Crippen molar-refractivity contribution in [1.82, 2.24) is 10.6 Å². The van der Waals surface area contributed by atoms with Gasteiger partial charge in [-0.3, -0.25) is 14.4 Å². The van der Waals surface area contributed by atoms with Crippen LogP contribution in [0.15, 0.2) is 36.4 Å². The van der Waals surface area contributed by atoms with E-state index in [0.717, 1.165) is 19.4 Å². The molecular weight excluding hydrogens is 605 g/mol. The van der Waals surface area contributed by atoms with E-state index >= 15 is 0 Å². The predicted molar refractivity (Wildman–Crippen MR) is 151 cm³/mol. The summed E-state index contributed by atoms with van der Waals surface area (Å²) < 4.78 is 37.8. The first-order valence-electron chi connectivity index (χ1n) is 14.2. The second-order valence-corrected chi connectivity index (χ2v) is 10.8. The van der Waals surface area contributed by atoms with Crippen molar-refractivity contribution in [3.05, 3.63) is 53.1 Å². The second-order valence-electron chi connectivity index (χ2n) is 10.8. The number of hydrogen-bond acceptors (Lipinski definition) is 9. The SMILES string of the molecule is O=C(N[C@H]1CNCCC[C@@H]1OCc1cc(O)c(C(=O)[C@@H]2CCCC[C@H]2C(=O)O)c(O)c1)c1ccc(O)cc1.O=C(O)C(F)(F)F. The predicted octanol–water partition coefficient (Wildman–Crippen LogP) is 3.58. The number of alkyl halides is 3. The molecule has 1 saturated carbocycles. The van der Waals surface area contributed by atoms with Gasteiger partial charge in [-0.15, -0.1) is 0 Å². The third-order valence-corrected chi connectivity index (χ3v) is 7.63. The van der Waals surface area contributed by atoms with Crippen molar-refractivity contribution < 1.29 is 62.6 Å². The minimum Gasteiger partial charge on any atom is -0.508 e. The number of carbonyl (C=O) groups excluding carboxylic acids is 2. The number of ketones is 1. The number of benzene rings is 2. The molecule has 2 aromatic rings. The quantitative estimate of drug-likeness (QED) is 0.208. The van der Waals surface area contributed by atoms with Gasteiger partial charge < -0.3 is 40.9 Å². The average molecular weight is 641 g/mol. The lowest BCUT2D eigenvalue weighted by atomic mass is 9.75. The third-order valence-electron chi connectivity index (χ3n) is 7.63. The molecule has 0 aromatic heterocycles. The maximum absolute atomic E-state index is 13.1. The number of nitrogens with one attached hydrogen (secondary N) is 2. The van der Waals surface area contributed by atoms with Crippen LogP contribution in [0.5, 0.6) is 17.2 Å². The molecule has 1 aliphatic carbocycles. The Balaban J connectivity index is 0.000000707. The highest BCUT2D eigenvalue weighted by atomic mass is 19.4. The van der Waals surface area contributed by atoms with Gasteiger partial charge in [0, 0.05) is 18.0 Å². The number of carboxylic acids is 2. The zero-order valence-corrected chi connectivity index (χ0v) is 24.0. The summed E-state index contributed by atoms with van der Waals surface area (Å²) in [4.78, 5) is 46.4. The van der Waals surface area contributed by atoms with Crippen LogP contribution in [-0.4, -0.2) is 80.6 Å². The normalized spacial score (nSPS) is 21.8. The van der Waals surface area contributed by atoms with E-state index in [9.17, 15) is 48.0 Å². The van der Waals surface area contributed by atoms with Crippen molar-refractivity contribution in [1.29, 1.82) is 0 Å². The van der Waals surface area contributed by atoms with Crippen molar-refractivity contribution in [3.8, 4) is 17.2 Å². The number of phenolic OH excluding ortho intramolecular Hbond substituents is 3. The van der Waals surface area contributed by atoms with Crippen molar-refractivity contribution in [2.24, 2.45) is 11.8 Å². The Kier molecular flexibility index (Phi) is 12.1. The molecule has 0 radical (unpaired) electrons. The summed E-state index contributed by atoms with van der Waals surface area (Å²) in [5, 5.41) is 53.6. The second kappa shape index (κ2) is 15.6. The number of carboxylic acid groups (broad SMARTS) is 2. The number of aliphatic carboxylic acids is 2. The van der Waals surface area contributed by atoms with E-state index in [1.54, 1.807) is 0 Å². The van der Waals surface area contributed by atoms with Crippen LogP contribution in [0.2, 0.25) is 0 Å². The van der Waals surface area contributed by atoms with Gasteiger partial charge in [0.05, 0.1) is 24.7 Å². The lowest BCUT2D eigenvalue weighted by Crippen LogP contribution is -2.48. The van der Waals surface area contributed by atoms with E-state index in [1.807, 2.05) is 0 Å². The van der Waals surface area contributed by atoms with Gasteiger partial charge in [-0.05, 0) is 74.2 Å². The van der Waals surface area contributed by atoms with Gasteiger partial charge in [0.15, 0.2) is 5.78 Å². The number of halogens is 3. The fraction of sp³-hybridized carbons (Fsp3) is 0.467. The van der Waals surface area contributed by atoms with Crippen molar-refractivity contribution in [2.45, 2.75) is 63.5 Å². The monoisotopic (exact) mass is 640 g/mol.